The van der Waals surface area contributed by atoms with Gasteiger partial charge in [-0.3, -0.25) is 0 Å². The lowest BCUT2D eigenvalue weighted by Crippen LogP contribution is -2.37. The fraction of sp³-hybridized carbons (Fsp3) is 0.600. The van der Waals surface area contributed by atoms with E-state index >= 15 is 0 Å². The second-order valence-corrected chi connectivity index (χ2v) is 9.01. The van der Waals surface area contributed by atoms with E-state index in [1.165, 1.54) is 0 Å². The molecule has 0 amide bonds. The Morgan fingerprint density at radius 2 is 1.62 bits per heavy atom. The van der Waals surface area contributed by atoms with Crippen LogP contribution in [0.3, 0.4) is 0 Å². The van der Waals surface area contributed by atoms with Gasteiger partial charge in [0.15, 0.2) is 0 Å². The molecule has 0 heterocycles. The number of hydrogen-bond acceptors (Lipinski definition) is 3. The molecule has 4 nitrogen and oxygen atoms in total. The van der Waals surface area contributed by atoms with Crippen LogP contribution < -0.4 is 5.73 Å². The number of rotatable bonds is 6. The molecule has 0 aliphatic heterocycles. The lowest BCUT2D eigenvalue weighted by atomic mass is 10.2. The first kappa shape index (κ1) is 18.5. The van der Waals surface area contributed by atoms with E-state index in [1.54, 1.807) is 23.4 Å². The van der Waals surface area contributed by atoms with Gasteiger partial charge in [-0.05, 0) is 52.4 Å². The molecule has 120 valence electrons. The van der Waals surface area contributed by atoms with Gasteiger partial charge < -0.3 is 5.73 Å². The summed E-state index contributed by atoms with van der Waals surface area (Å²) >= 11 is 3.33. The van der Waals surface area contributed by atoms with E-state index in [0.29, 0.717) is 29.2 Å². The molecule has 6 heteroatoms. The first-order chi connectivity index (χ1) is 9.55. The summed E-state index contributed by atoms with van der Waals surface area (Å²) in [5.74, 6) is 0.540. The van der Waals surface area contributed by atoms with Crippen molar-refractivity contribution in [1.82, 2.24) is 4.31 Å². The van der Waals surface area contributed by atoms with Crippen molar-refractivity contribution in [2.45, 2.75) is 39.5 Å². The van der Waals surface area contributed by atoms with E-state index in [4.69, 9.17) is 5.73 Å². The Morgan fingerprint density at radius 3 is 2.05 bits per heavy atom. The monoisotopic (exact) mass is 376 g/mol. The number of nitrogens with two attached hydrogens (primary N) is 1. The van der Waals surface area contributed by atoms with E-state index in [0.717, 1.165) is 4.47 Å². The number of nitrogens with zero attached hydrogens (tertiary/aromatic N) is 1. The largest absolute Gasteiger partial charge is 0.398 e. The van der Waals surface area contributed by atoms with Crippen LogP contribution in [0.2, 0.25) is 0 Å². The first-order valence-corrected chi connectivity index (χ1v) is 9.34. The highest BCUT2D eigenvalue weighted by Crippen LogP contribution is 2.29. The molecule has 1 aromatic carbocycles. The molecule has 0 spiro atoms. The standard InChI is InChI=1S/C15H25BrN2O2S/c1-10(2)8-18(9-11(3)4)21(19,20)15-7-14(17)13(16)6-12(15)5/h6-7,10-11H,8-9,17H2,1-5H3. The Kier molecular flexibility index (Phi) is 6.25. The summed E-state index contributed by atoms with van der Waals surface area (Å²) in [5, 5.41) is 0. The zero-order valence-electron chi connectivity index (χ0n) is 13.4. The lowest BCUT2D eigenvalue weighted by Gasteiger charge is -2.26. The van der Waals surface area contributed by atoms with Crippen LogP contribution in [0.15, 0.2) is 21.5 Å². The number of sulfonamides is 1. The van der Waals surface area contributed by atoms with Crippen LogP contribution in [0.25, 0.3) is 0 Å². The van der Waals surface area contributed by atoms with Gasteiger partial charge in [0, 0.05) is 23.2 Å². The molecule has 0 fully saturated rings. The predicted molar refractivity (Wildman–Crippen MR) is 91.7 cm³/mol. The van der Waals surface area contributed by atoms with Gasteiger partial charge in [0.1, 0.15) is 0 Å². The highest BCUT2D eigenvalue weighted by atomic mass is 79.9. The second kappa shape index (κ2) is 7.11. The van der Waals surface area contributed by atoms with Gasteiger partial charge in [-0.1, -0.05) is 27.7 Å². The number of hydrogen-bond donors (Lipinski definition) is 1. The third-order valence-electron chi connectivity index (χ3n) is 3.05. The van der Waals surface area contributed by atoms with Crippen molar-refractivity contribution in [3.05, 3.63) is 22.2 Å². The SMILES string of the molecule is Cc1cc(Br)c(N)cc1S(=O)(=O)N(CC(C)C)CC(C)C. The van der Waals surface area contributed by atoms with Gasteiger partial charge in [0.2, 0.25) is 10.0 Å². The van der Waals surface area contributed by atoms with Crippen molar-refractivity contribution < 1.29 is 8.42 Å². The Labute approximate surface area is 136 Å². The maximum absolute atomic E-state index is 12.9. The number of nitrogen functional groups attached to an aromatic ring is 1. The molecule has 0 aromatic heterocycles. The molecule has 0 radical (unpaired) electrons. The normalized spacial score (nSPS) is 12.6. The van der Waals surface area contributed by atoms with Crippen LogP contribution in [0.1, 0.15) is 33.3 Å². The van der Waals surface area contributed by atoms with Crippen molar-refractivity contribution in [3.8, 4) is 0 Å². The minimum Gasteiger partial charge on any atom is -0.398 e. The van der Waals surface area contributed by atoms with Gasteiger partial charge in [-0.25, -0.2) is 8.42 Å². The van der Waals surface area contributed by atoms with Crippen LogP contribution in [-0.4, -0.2) is 25.8 Å². The quantitative estimate of drug-likeness (QED) is 0.770. The van der Waals surface area contributed by atoms with Crippen molar-refractivity contribution in [2.24, 2.45) is 11.8 Å². The van der Waals surface area contributed by atoms with Crippen LogP contribution in [0.5, 0.6) is 0 Å². The fourth-order valence-electron chi connectivity index (χ4n) is 2.17. The van der Waals surface area contributed by atoms with Crippen molar-refractivity contribution in [2.75, 3.05) is 18.8 Å². The van der Waals surface area contributed by atoms with E-state index in [1.807, 2.05) is 27.7 Å². The van der Waals surface area contributed by atoms with Crippen molar-refractivity contribution in [3.63, 3.8) is 0 Å². The third-order valence-corrected chi connectivity index (χ3v) is 5.71. The molecule has 0 saturated carbocycles. The number of aryl methyl sites for hydroxylation is 1. The Morgan fingerprint density at radius 1 is 1.14 bits per heavy atom. The molecular formula is C15H25BrN2O2S. The first-order valence-electron chi connectivity index (χ1n) is 7.11. The summed E-state index contributed by atoms with van der Waals surface area (Å²) in [7, 11) is -3.53. The molecule has 1 rings (SSSR count). The molecule has 0 atom stereocenters. The molecule has 21 heavy (non-hydrogen) atoms. The van der Waals surface area contributed by atoms with Gasteiger partial charge in [-0.2, -0.15) is 4.31 Å². The van der Waals surface area contributed by atoms with Crippen LogP contribution >= 0.6 is 15.9 Å². The van der Waals surface area contributed by atoms with Crippen LogP contribution in [-0.2, 0) is 10.0 Å². The smallest absolute Gasteiger partial charge is 0.243 e. The van der Waals surface area contributed by atoms with Gasteiger partial charge in [0.05, 0.1) is 4.90 Å². The maximum Gasteiger partial charge on any atom is 0.243 e. The summed E-state index contributed by atoms with van der Waals surface area (Å²) in [6.45, 7) is 10.9. The number of anilines is 1. The zero-order valence-corrected chi connectivity index (χ0v) is 15.8. The van der Waals surface area contributed by atoms with Gasteiger partial charge in [-0.15, -0.1) is 0 Å². The maximum atomic E-state index is 12.9. The van der Waals surface area contributed by atoms with E-state index in [2.05, 4.69) is 15.9 Å². The topological polar surface area (TPSA) is 63.4 Å². The molecule has 0 saturated heterocycles. The van der Waals surface area contributed by atoms with Crippen molar-refractivity contribution in [1.29, 1.82) is 0 Å². The summed E-state index contributed by atoms with van der Waals surface area (Å²) in [5.41, 5.74) is 7.00. The minimum absolute atomic E-state index is 0.270. The Balaban J connectivity index is 3.31. The third kappa shape index (κ3) is 4.69. The molecule has 1 aromatic rings. The molecular weight excluding hydrogens is 352 g/mol. The average Bonchev–Trinajstić information content (AvgIpc) is 2.31. The van der Waals surface area contributed by atoms with E-state index in [-0.39, 0.29) is 11.8 Å². The highest BCUT2D eigenvalue weighted by Gasteiger charge is 2.27. The second-order valence-electron chi connectivity index (χ2n) is 6.25. The summed E-state index contributed by atoms with van der Waals surface area (Å²) in [6.07, 6.45) is 0. The molecule has 0 unspecified atom stereocenters. The Hall–Kier alpha value is -0.590. The number of halogens is 1. The number of benzene rings is 1. The molecule has 0 bridgehead atoms. The summed E-state index contributed by atoms with van der Waals surface area (Å²) < 4.78 is 28.2. The predicted octanol–water partition coefficient (Wildman–Crippen LogP) is 3.64. The minimum atomic E-state index is -3.53. The average molecular weight is 377 g/mol. The summed E-state index contributed by atoms with van der Waals surface area (Å²) in [6, 6.07) is 3.30. The van der Waals surface area contributed by atoms with E-state index < -0.39 is 10.0 Å². The summed E-state index contributed by atoms with van der Waals surface area (Å²) in [4.78, 5) is 0.296. The van der Waals surface area contributed by atoms with Gasteiger partial charge in [0.25, 0.3) is 0 Å². The Bertz CT molecular complexity index is 588. The van der Waals surface area contributed by atoms with Crippen molar-refractivity contribution >= 4 is 31.6 Å². The molecule has 2 N–H and O–H groups in total. The van der Waals surface area contributed by atoms with Crippen LogP contribution in [0, 0.1) is 18.8 Å². The molecule has 0 aliphatic carbocycles. The van der Waals surface area contributed by atoms with Crippen LogP contribution in [0.4, 0.5) is 5.69 Å². The van der Waals surface area contributed by atoms with Gasteiger partial charge >= 0.3 is 0 Å². The highest BCUT2D eigenvalue weighted by molar-refractivity contribution is 9.10. The zero-order chi connectivity index (χ0) is 16.4. The lowest BCUT2D eigenvalue weighted by molar-refractivity contribution is 0.333. The molecule has 0 aliphatic rings. The van der Waals surface area contributed by atoms with E-state index in [9.17, 15) is 8.42 Å². The fourth-order valence-corrected chi connectivity index (χ4v) is 4.64.